The molecule has 0 aliphatic carbocycles. The summed E-state index contributed by atoms with van der Waals surface area (Å²) in [7, 11) is -3.31. The van der Waals surface area contributed by atoms with E-state index in [0.717, 1.165) is 5.56 Å². The van der Waals surface area contributed by atoms with Crippen LogP contribution in [0.4, 0.5) is 5.69 Å². The standard InChI is InChI=1S/C11H15Cl2NO2S/c1-9-10(13)5-4-6-11(9)14-17(15,16)8-3-2-7-12/h4-6,14H,2-3,7-8H2,1H3. The molecule has 0 unspecified atom stereocenters. The smallest absolute Gasteiger partial charge is 0.232 e. The maximum Gasteiger partial charge on any atom is 0.232 e. The van der Waals surface area contributed by atoms with E-state index in [1.54, 1.807) is 25.1 Å². The number of halogens is 2. The first kappa shape index (κ1) is 14.6. The third-order valence-corrected chi connectivity index (χ3v) is 4.36. The van der Waals surface area contributed by atoms with Crippen LogP contribution in [-0.4, -0.2) is 20.1 Å². The number of benzene rings is 1. The molecule has 0 bridgehead atoms. The van der Waals surface area contributed by atoms with E-state index in [0.29, 0.717) is 29.4 Å². The number of hydrogen-bond acceptors (Lipinski definition) is 2. The number of sulfonamides is 1. The van der Waals surface area contributed by atoms with Crippen molar-refractivity contribution in [2.45, 2.75) is 19.8 Å². The van der Waals surface area contributed by atoms with Crippen LogP contribution in [0.5, 0.6) is 0 Å². The normalized spacial score (nSPS) is 11.5. The molecule has 0 atom stereocenters. The molecule has 0 heterocycles. The molecular weight excluding hydrogens is 281 g/mol. The van der Waals surface area contributed by atoms with Gasteiger partial charge < -0.3 is 0 Å². The lowest BCUT2D eigenvalue weighted by molar-refractivity contribution is 0.598. The third kappa shape index (κ3) is 4.74. The number of unbranched alkanes of at least 4 members (excludes halogenated alkanes) is 1. The number of rotatable bonds is 6. The largest absolute Gasteiger partial charge is 0.283 e. The Balaban J connectivity index is 2.73. The fourth-order valence-corrected chi connectivity index (χ4v) is 2.93. The predicted octanol–water partition coefficient (Wildman–Crippen LogP) is 3.41. The fourth-order valence-electron chi connectivity index (χ4n) is 1.32. The van der Waals surface area contributed by atoms with Gasteiger partial charge in [0, 0.05) is 10.9 Å². The second-order valence-corrected chi connectivity index (χ2v) is 6.36. The van der Waals surface area contributed by atoms with Crippen LogP contribution in [0.2, 0.25) is 5.02 Å². The Morgan fingerprint density at radius 3 is 2.65 bits per heavy atom. The highest BCUT2D eigenvalue weighted by atomic mass is 35.5. The zero-order chi connectivity index (χ0) is 12.9. The highest BCUT2D eigenvalue weighted by Crippen LogP contribution is 2.23. The summed E-state index contributed by atoms with van der Waals surface area (Å²) >= 11 is 11.4. The van der Waals surface area contributed by atoms with Crippen molar-refractivity contribution in [2.75, 3.05) is 16.4 Å². The highest BCUT2D eigenvalue weighted by Gasteiger charge is 2.12. The quantitative estimate of drug-likeness (QED) is 0.646. The Bertz CT molecular complexity index is 474. The van der Waals surface area contributed by atoms with Crippen molar-refractivity contribution in [3.63, 3.8) is 0 Å². The second kappa shape index (κ2) is 6.47. The predicted molar refractivity (Wildman–Crippen MR) is 73.6 cm³/mol. The molecule has 0 aliphatic heterocycles. The lowest BCUT2D eigenvalue weighted by Gasteiger charge is -2.11. The van der Waals surface area contributed by atoms with Gasteiger partial charge in [-0.15, -0.1) is 11.6 Å². The van der Waals surface area contributed by atoms with Gasteiger partial charge in [0.15, 0.2) is 0 Å². The second-order valence-electron chi connectivity index (χ2n) is 3.73. The fraction of sp³-hybridized carbons (Fsp3) is 0.455. The van der Waals surface area contributed by atoms with E-state index < -0.39 is 10.0 Å². The van der Waals surface area contributed by atoms with Crippen LogP contribution < -0.4 is 4.72 Å². The molecule has 17 heavy (non-hydrogen) atoms. The molecule has 0 saturated heterocycles. The Labute approximate surface area is 112 Å². The van der Waals surface area contributed by atoms with Gasteiger partial charge in [0.1, 0.15) is 0 Å². The maximum absolute atomic E-state index is 11.7. The monoisotopic (exact) mass is 295 g/mol. The van der Waals surface area contributed by atoms with Crippen LogP contribution in [-0.2, 0) is 10.0 Å². The van der Waals surface area contributed by atoms with E-state index in [1.165, 1.54) is 0 Å². The summed E-state index contributed by atoms with van der Waals surface area (Å²) in [5, 5.41) is 0.547. The molecule has 1 N–H and O–H groups in total. The molecule has 3 nitrogen and oxygen atoms in total. The first-order valence-corrected chi connectivity index (χ1v) is 7.84. The van der Waals surface area contributed by atoms with Crippen molar-refractivity contribution in [2.24, 2.45) is 0 Å². The van der Waals surface area contributed by atoms with Gasteiger partial charge in [0.2, 0.25) is 10.0 Å². The average Bonchev–Trinajstić information content (AvgIpc) is 2.25. The van der Waals surface area contributed by atoms with E-state index >= 15 is 0 Å². The SMILES string of the molecule is Cc1c(Cl)cccc1NS(=O)(=O)CCCCCl. The lowest BCUT2D eigenvalue weighted by atomic mass is 10.2. The molecule has 0 aliphatic rings. The first-order chi connectivity index (χ1) is 7.96. The highest BCUT2D eigenvalue weighted by molar-refractivity contribution is 7.92. The molecule has 1 aromatic carbocycles. The molecule has 6 heteroatoms. The van der Waals surface area contributed by atoms with Gasteiger partial charge in [-0.2, -0.15) is 0 Å². The van der Waals surface area contributed by atoms with E-state index in [1.807, 2.05) is 0 Å². The molecule has 0 fully saturated rings. The van der Waals surface area contributed by atoms with Crippen molar-refractivity contribution in [3.05, 3.63) is 28.8 Å². The van der Waals surface area contributed by atoms with Crippen LogP contribution in [0.3, 0.4) is 0 Å². The average molecular weight is 296 g/mol. The molecule has 0 saturated carbocycles. The Morgan fingerprint density at radius 1 is 1.29 bits per heavy atom. The summed E-state index contributed by atoms with van der Waals surface area (Å²) < 4.78 is 26.0. The van der Waals surface area contributed by atoms with E-state index in [9.17, 15) is 8.42 Å². The summed E-state index contributed by atoms with van der Waals surface area (Å²) in [5.41, 5.74) is 1.26. The van der Waals surface area contributed by atoms with Gasteiger partial charge >= 0.3 is 0 Å². The minimum Gasteiger partial charge on any atom is -0.283 e. The van der Waals surface area contributed by atoms with Gasteiger partial charge in [-0.3, -0.25) is 4.72 Å². The Morgan fingerprint density at radius 2 is 2.00 bits per heavy atom. The van der Waals surface area contributed by atoms with E-state index in [-0.39, 0.29) is 5.75 Å². The Kier molecular flexibility index (Phi) is 5.56. The molecule has 1 rings (SSSR count). The molecule has 1 aromatic rings. The molecule has 0 radical (unpaired) electrons. The molecule has 0 aromatic heterocycles. The van der Waals surface area contributed by atoms with Crippen molar-refractivity contribution in [3.8, 4) is 0 Å². The summed E-state index contributed by atoms with van der Waals surface area (Å²) in [6.07, 6.45) is 1.25. The maximum atomic E-state index is 11.7. The van der Waals surface area contributed by atoms with Gasteiger partial charge in [-0.05, 0) is 37.5 Å². The zero-order valence-electron chi connectivity index (χ0n) is 9.54. The summed E-state index contributed by atoms with van der Waals surface area (Å²) in [6, 6.07) is 5.13. The van der Waals surface area contributed by atoms with Crippen LogP contribution in [0.15, 0.2) is 18.2 Å². The van der Waals surface area contributed by atoms with E-state index in [2.05, 4.69) is 4.72 Å². The first-order valence-electron chi connectivity index (χ1n) is 5.28. The minimum absolute atomic E-state index is 0.0751. The number of hydrogen-bond donors (Lipinski definition) is 1. The van der Waals surface area contributed by atoms with Gasteiger partial charge in [-0.25, -0.2) is 8.42 Å². The van der Waals surface area contributed by atoms with Gasteiger partial charge in [0.05, 0.1) is 11.4 Å². The lowest BCUT2D eigenvalue weighted by Crippen LogP contribution is -2.17. The van der Waals surface area contributed by atoms with E-state index in [4.69, 9.17) is 23.2 Å². The van der Waals surface area contributed by atoms with Gasteiger partial charge in [-0.1, -0.05) is 17.7 Å². The topological polar surface area (TPSA) is 46.2 Å². The van der Waals surface area contributed by atoms with Gasteiger partial charge in [0.25, 0.3) is 0 Å². The number of nitrogens with one attached hydrogen (secondary N) is 1. The Hall–Kier alpha value is -0.450. The zero-order valence-corrected chi connectivity index (χ0v) is 11.9. The van der Waals surface area contributed by atoms with Crippen LogP contribution in [0, 0.1) is 6.92 Å². The number of alkyl halides is 1. The molecule has 0 spiro atoms. The summed E-state index contributed by atoms with van der Waals surface area (Å²) in [6.45, 7) is 1.78. The minimum atomic E-state index is -3.31. The molecule has 0 amide bonds. The summed E-state index contributed by atoms with van der Waals surface area (Å²) in [5.74, 6) is 0.553. The third-order valence-electron chi connectivity index (χ3n) is 2.33. The van der Waals surface area contributed by atoms with Crippen molar-refractivity contribution in [1.82, 2.24) is 0 Å². The van der Waals surface area contributed by atoms with Crippen molar-refractivity contribution < 1.29 is 8.42 Å². The van der Waals surface area contributed by atoms with Crippen LogP contribution in [0.1, 0.15) is 18.4 Å². The molecule has 96 valence electrons. The van der Waals surface area contributed by atoms with Crippen LogP contribution in [0.25, 0.3) is 0 Å². The molecular formula is C11H15Cl2NO2S. The number of anilines is 1. The van der Waals surface area contributed by atoms with Crippen LogP contribution >= 0.6 is 23.2 Å². The van der Waals surface area contributed by atoms with Crippen molar-refractivity contribution >= 4 is 38.9 Å². The van der Waals surface area contributed by atoms with Crippen molar-refractivity contribution in [1.29, 1.82) is 0 Å². The summed E-state index contributed by atoms with van der Waals surface area (Å²) in [4.78, 5) is 0.